The van der Waals surface area contributed by atoms with Crippen LogP contribution in [0, 0.1) is 11.6 Å². The summed E-state index contributed by atoms with van der Waals surface area (Å²) in [5, 5.41) is 0. The summed E-state index contributed by atoms with van der Waals surface area (Å²) >= 11 is 0. The van der Waals surface area contributed by atoms with Crippen molar-refractivity contribution in [3.05, 3.63) is 36.1 Å². The second-order valence-electron chi connectivity index (χ2n) is 2.70. The molecule has 0 radical (unpaired) electrons. The maximum atomic E-state index is 12.8. The average molecular weight is 196 g/mol. The standard InChI is InChI=1S/C9H6F2N2O/c10-6-2-1-5(3-7(6)11)8-4-14-9(12)13-8/h1-4H,(H2,12,13). The highest BCUT2D eigenvalue weighted by molar-refractivity contribution is 5.58. The molecule has 0 aliphatic rings. The van der Waals surface area contributed by atoms with Crippen LogP contribution >= 0.6 is 0 Å². The monoisotopic (exact) mass is 196 g/mol. The molecule has 0 amide bonds. The van der Waals surface area contributed by atoms with Crippen molar-refractivity contribution in [3.63, 3.8) is 0 Å². The predicted octanol–water partition coefficient (Wildman–Crippen LogP) is 2.20. The van der Waals surface area contributed by atoms with E-state index in [2.05, 4.69) is 4.98 Å². The summed E-state index contributed by atoms with van der Waals surface area (Å²) in [5.41, 5.74) is 6.04. The molecule has 1 heterocycles. The topological polar surface area (TPSA) is 52.0 Å². The molecule has 0 spiro atoms. The molecule has 0 saturated heterocycles. The van der Waals surface area contributed by atoms with E-state index in [9.17, 15) is 8.78 Å². The zero-order valence-corrected chi connectivity index (χ0v) is 7.00. The molecule has 5 heteroatoms. The number of anilines is 1. The lowest BCUT2D eigenvalue weighted by atomic mass is 10.2. The van der Waals surface area contributed by atoms with Gasteiger partial charge in [-0.2, -0.15) is 4.98 Å². The molecule has 2 N–H and O–H groups in total. The Labute approximate surface area is 78.2 Å². The zero-order valence-electron chi connectivity index (χ0n) is 7.00. The van der Waals surface area contributed by atoms with Gasteiger partial charge in [-0.15, -0.1) is 0 Å². The lowest BCUT2D eigenvalue weighted by Crippen LogP contribution is -1.86. The van der Waals surface area contributed by atoms with Crippen LogP contribution in [0.25, 0.3) is 11.3 Å². The van der Waals surface area contributed by atoms with Crippen LogP contribution in [-0.2, 0) is 0 Å². The van der Waals surface area contributed by atoms with Gasteiger partial charge in [0, 0.05) is 5.56 Å². The van der Waals surface area contributed by atoms with Gasteiger partial charge in [-0.25, -0.2) is 8.78 Å². The molecule has 0 fully saturated rings. The summed E-state index contributed by atoms with van der Waals surface area (Å²) in [6, 6.07) is 3.45. The Morgan fingerprint density at radius 2 is 2.00 bits per heavy atom. The normalized spacial score (nSPS) is 10.4. The molecule has 1 aromatic heterocycles. The fourth-order valence-corrected chi connectivity index (χ4v) is 1.08. The van der Waals surface area contributed by atoms with E-state index in [1.165, 1.54) is 12.3 Å². The summed E-state index contributed by atoms with van der Waals surface area (Å²) in [7, 11) is 0. The number of aromatic nitrogens is 1. The Kier molecular flexibility index (Phi) is 1.92. The molecule has 1 aromatic carbocycles. The largest absolute Gasteiger partial charge is 0.432 e. The highest BCUT2D eigenvalue weighted by Crippen LogP contribution is 2.21. The number of nitrogen functional groups attached to an aromatic ring is 1. The Balaban J connectivity index is 2.47. The van der Waals surface area contributed by atoms with Crippen molar-refractivity contribution in [2.24, 2.45) is 0 Å². The summed E-state index contributed by atoms with van der Waals surface area (Å²) in [5.74, 6) is -1.82. The van der Waals surface area contributed by atoms with E-state index in [0.29, 0.717) is 11.3 Å². The van der Waals surface area contributed by atoms with Crippen molar-refractivity contribution in [1.29, 1.82) is 0 Å². The van der Waals surface area contributed by atoms with E-state index in [1.807, 2.05) is 0 Å². The number of halogens is 2. The number of rotatable bonds is 1. The van der Waals surface area contributed by atoms with E-state index in [0.717, 1.165) is 12.1 Å². The maximum Gasteiger partial charge on any atom is 0.292 e. The highest BCUT2D eigenvalue weighted by atomic mass is 19.2. The Morgan fingerprint density at radius 1 is 1.21 bits per heavy atom. The molecule has 2 aromatic rings. The number of nitrogens with two attached hydrogens (primary N) is 1. The lowest BCUT2D eigenvalue weighted by molar-refractivity contribution is 0.509. The van der Waals surface area contributed by atoms with Gasteiger partial charge in [0.25, 0.3) is 6.01 Å². The Hall–Kier alpha value is -1.91. The SMILES string of the molecule is Nc1nc(-c2ccc(F)c(F)c2)co1. The first-order valence-electron chi connectivity index (χ1n) is 3.83. The van der Waals surface area contributed by atoms with Gasteiger partial charge in [0.2, 0.25) is 0 Å². The molecule has 72 valence electrons. The first kappa shape index (κ1) is 8.68. The van der Waals surface area contributed by atoms with Crippen LogP contribution in [0.4, 0.5) is 14.8 Å². The quantitative estimate of drug-likeness (QED) is 0.760. The van der Waals surface area contributed by atoms with Crippen molar-refractivity contribution in [1.82, 2.24) is 4.98 Å². The van der Waals surface area contributed by atoms with Crippen LogP contribution < -0.4 is 5.73 Å². The van der Waals surface area contributed by atoms with Crippen molar-refractivity contribution in [2.45, 2.75) is 0 Å². The smallest absolute Gasteiger partial charge is 0.292 e. The van der Waals surface area contributed by atoms with E-state index >= 15 is 0 Å². The van der Waals surface area contributed by atoms with Crippen LogP contribution in [0.5, 0.6) is 0 Å². The minimum atomic E-state index is -0.927. The van der Waals surface area contributed by atoms with E-state index < -0.39 is 11.6 Å². The van der Waals surface area contributed by atoms with Crippen LogP contribution in [0.3, 0.4) is 0 Å². The number of oxazole rings is 1. The number of hydrogen-bond donors (Lipinski definition) is 1. The summed E-state index contributed by atoms with van der Waals surface area (Å²) in [6.45, 7) is 0. The number of hydrogen-bond acceptors (Lipinski definition) is 3. The van der Waals surface area contributed by atoms with E-state index in [-0.39, 0.29) is 6.01 Å². The third kappa shape index (κ3) is 1.44. The van der Waals surface area contributed by atoms with E-state index in [4.69, 9.17) is 10.2 Å². The summed E-state index contributed by atoms with van der Waals surface area (Å²) in [6.07, 6.45) is 1.28. The molecule has 2 rings (SSSR count). The minimum Gasteiger partial charge on any atom is -0.432 e. The van der Waals surface area contributed by atoms with Crippen LogP contribution in [-0.4, -0.2) is 4.98 Å². The second kappa shape index (κ2) is 3.10. The van der Waals surface area contributed by atoms with Crippen molar-refractivity contribution < 1.29 is 13.2 Å². The van der Waals surface area contributed by atoms with Crippen molar-refractivity contribution >= 4 is 6.01 Å². The molecule has 0 aliphatic carbocycles. The molecule has 0 unspecified atom stereocenters. The van der Waals surface area contributed by atoms with Gasteiger partial charge >= 0.3 is 0 Å². The Morgan fingerprint density at radius 3 is 2.57 bits per heavy atom. The molecule has 0 aliphatic heterocycles. The second-order valence-corrected chi connectivity index (χ2v) is 2.70. The Bertz CT molecular complexity index is 468. The van der Waals surface area contributed by atoms with Crippen LogP contribution in [0.2, 0.25) is 0 Å². The number of benzene rings is 1. The van der Waals surface area contributed by atoms with Gasteiger partial charge < -0.3 is 10.2 Å². The van der Waals surface area contributed by atoms with Crippen molar-refractivity contribution in [2.75, 3.05) is 5.73 Å². The molecule has 0 atom stereocenters. The third-order valence-electron chi connectivity index (χ3n) is 1.74. The first-order valence-corrected chi connectivity index (χ1v) is 3.83. The van der Waals surface area contributed by atoms with Gasteiger partial charge in [0.05, 0.1) is 0 Å². The maximum absolute atomic E-state index is 12.8. The predicted molar refractivity (Wildman–Crippen MR) is 46.3 cm³/mol. The zero-order chi connectivity index (χ0) is 10.1. The van der Waals surface area contributed by atoms with E-state index in [1.54, 1.807) is 0 Å². The minimum absolute atomic E-state index is 0.00951. The first-order chi connectivity index (χ1) is 6.66. The lowest BCUT2D eigenvalue weighted by Gasteiger charge is -1.96. The molecule has 0 bridgehead atoms. The van der Waals surface area contributed by atoms with Crippen molar-refractivity contribution in [3.8, 4) is 11.3 Å². The molecular formula is C9H6F2N2O. The molecule has 14 heavy (non-hydrogen) atoms. The fraction of sp³-hybridized carbons (Fsp3) is 0. The van der Waals surface area contributed by atoms with Crippen LogP contribution in [0.15, 0.2) is 28.9 Å². The van der Waals surface area contributed by atoms with Gasteiger partial charge in [-0.1, -0.05) is 0 Å². The number of nitrogens with zero attached hydrogens (tertiary/aromatic N) is 1. The highest BCUT2D eigenvalue weighted by Gasteiger charge is 2.07. The van der Waals surface area contributed by atoms with Gasteiger partial charge in [-0.05, 0) is 18.2 Å². The average Bonchev–Trinajstić information content (AvgIpc) is 2.57. The summed E-state index contributed by atoms with van der Waals surface area (Å²) in [4.78, 5) is 3.77. The molecule has 3 nitrogen and oxygen atoms in total. The molecular weight excluding hydrogens is 190 g/mol. The third-order valence-corrected chi connectivity index (χ3v) is 1.74. The molecule has 0 saturated carbocycles. The van der Waals surface area contributed by atoms with Crippen LogP contribution in [0.1, 0.15) is 0 Å². The fourth-order valence-electron chi connectivity index (χ4n) is 1.08. The van der Waals surface area contributed by atoms with Gasteiger partial charge in [0.1, 0.15) is 12.0 Å². The van der Waals surface area contributed by atoms with Gasteiger partial charge in [-0.3, -0.25) is 0 Å². The van der Waals surface area contributed by atoms with Gasteiger partial charge in [0.15, 0.2) is 11.6 Å². The summed E-state index contributed by atoms with van der Waals surface area (Å²) < 4.78 is 30.1.